The van der Waals surface area contributed by atoms with E-state index in [2.05, 4.69) is 56.0 Å². The first-order chi connectivity index (χ1) is 8.16. The summed E-state index contributed by atoms with van der Waals surface area (Å²) < 4.78 is 5.42. The summed E-state index contributed by atoms with van der Waals surface area (Å²) in [6, 6.07) is 1.25. The second-order valence-electron chi connectivity index (χ2n) is 4.60. The Morgan fingerprint density at radius 3 is 1.47 bits per heavy atom. The van der Waals surface area contributed by atoms with Gasteiger partial charge in [-0.2, -0.15) is 0 Å². The van der Waals surface area contributed by atoms with Crippen molar-refractivity contribution in [3.63, 3.8) is 0 Å². The number of hydrogen-bond acceptors (Lipinski definition) is 2. The van der Waals surface area contributed by atoms with Crippen molar-refractivity contribution in [2.24, 2.45) is 0 Å². The summed E-state index contributed by atoms with van der Waals surface area (Å²) in [5.41, 5.74) is 2.30. The van der Waals surface area contributed by atoms with Crippen molar-refractivity contribution in [3.8, 4) is 0 Å². The highest BCUT2D eigenvalue weighted by Crippen LogP contribution is 2.22. The quantitative estimate of drug-likeness (QED) is 0.551. The van der Waals surface area contributed by atoms with E-state index < -0.39 is 8.40 Å². The van der Waals surface area contributed by atoms with Gasteiger partial charge in [0.25, 0.3) is 0 Å². The van der Waals surface area contributed by atoms with E-state index in [4.69, 9.17) is 0 Å². The normalized spacial score (nSPS) is 12.4. The molecule has 0 bridgehead atoms. The first-order valence-electron chi connectivity index (χ1n) is 7.30. The molecule has 0 rings (SSSR count). The van der Waals surface area contributed by atoms with Gasteiger partial charge in [-0.3, -0.25) is 0 Å². The van der Waals surface area contributed by atoms with Crippen molar-refractivity contribution < 1.29 is 0 Å². The van der Waals surface area contributed by atoms with E-state index in [0.717, 1.165) is 13.1 Å². The molecular weight excluding hydrogens is 224 g/mol. The van der Waals surface area contributed by atoms with E-state index in [-0.39, 0.29) is 0 Å². The Kier molecular flexibility index (Phi) is 8.83. The molecule has 0 fully saturated rings. The molecule has 0 aliphatic heterocycles. The van der Waals surface area contributed by atoms with Crippen LogP contribution in [0.25, 0.3) is 0 Å². The van der Waals surface area contributed by atoms with Crippen LogP contribution in [0.3, 0.4) is 0 Å². The summed E-state index contributed by atoms with van der Waals surface area (Å²) in [6.45, 7) is 20.4. The standard InChI is InChI=1S/C14H32N2Si/c1-7-13-15(9-3)17(11-5,12-6)16(10-4)14-8-2/h11H,5,7-10,12-14H2,1-4,6H3. The predicted octanol–water partition coefficient (Wildman–Crippen LogP) is 3.64. The zero-order chi connectivity index (χ0) is 13.3. The summed E-state index contributed by atoms with van der Waals surface area (Å²) in [6.07, 6.45) is 2.47. The van der Waals surface area contributed by atoms with Gasteiger partial charge in [0.1, 0.15) is 0 Å². The van der Waals surface area contributed by atoms with Gasteiger partial charge in [0, 0.05) is 0 Å². The Hall–Kier alpha value is -0.123. The predicted molar refractivity (Wildman–Crippen MR) is 81.5 cm³/mol. The highest BCUT2D eigenvalue weighted by atomic mass is 28.3. The highest BCUT2D eigenvalue weighted by Gasteiger charge is 2.39. The molecule has 0 radical (unpaired) electrons. The van der Waals surface area contributed by atoms with Crippen LogP contribution >= 0.6 is 0 Å². The smallest absolute Gasteiger partial charge is 0.231 e. The molecule has 0 atom stereocenters. The maximum atomic E-state index is 4.18. The second kappa shape index (κ2) is 8.89. The molecule has 3 heteroatoms. The molecule has 0 aromatic carbocycles. The summed E-state index contributed by atoms with van der Waals surface area (Å²) in [5, 5.41) is 0. The van der Waals surface area contributed by atoms with Crippen LogP contribution in [0.1, 0.15) is 47.5 Å². The van der Waals surface area contributed by atoms with Gasteiger partial charge in [-0.25, -0.2) is 0 Å². The lowest BCUT2D eigenvalue weighted by atomic mass is 10.5. The van der Waals surface area contributed by atoms with Crippen molar-refractivity contribution in [1.29, 1.82) is 0 Å². The number of nitrogens with zero attached hydrogens (tertiary/aromatic N) is 2. The number of hydrogen-bond donors (Lipinski definition) is 0. The molecule has 0 unspecified atom stereocenters. The lowest BCUT2D eigenvalue weighted by molar-refractivity contribution is 0.341. The van der Waals surface area contributed by atoms with Crippen molar-refractivity contribution >= 4 is 8.40 Å². The lowest BCUT2D eigenvalue weighted by Gasteiger charge is -2.46. The van der Waals surface area contributed by atoms with Crippen LogP contribution in [0.15, 0.2) is 12.3 Å². The zero-order valence-corrected chi connectivity index (χ0v) is 13.6. The molecule has 0 spiro atoms. The van der Waals surface area contributed by atoms with Crippen LogP contribution in [-0.2, 0) is 0 Å². The molecule has 0 heterocycles. The third-order valence-electron chi connectivity index (χ3n) is 3.69. The van der Waals surface area contributed by atoms with Gasteiger partial charge in [0.2, 0.25) is 8.40 Å². The van der Waals surface area contributed by atoms with Gasteiger partial charge < -0.3 is 9.13 Å². The van der Waals surface area contributed by atoms with E-state index in [1.165, 1.54) is 32.0 Å². The molecular formula is C14H32N2Si. The van der Waals surface area contributed by atoms with Crippen LogP contribution in [-0.4, -0.2) is 43.7 Å². The maximum absolute atomic E-state index is 4.18. The monoisotopic (exact) mass is 256 g/mol. The van der Waals surface area contributed by atoms with E-state index in [0.29, 0.717) is 0 Å². The third kappa shape index (κ3) is 3.93. The van der Waals surface area contributed by atoms with Crippen molar-refractivity contribution in [1.82, 2.24) is 9.13 Å². The van der Waals surface area contributed by atoms with Gasteiger partial charge >= 0.3 is 0 Å². The molecule has 2 nitrogen and oxygen atoms in total. The molecule has 102 valence electrons. The van der Waals surface area contributed by atoms with E-state index in [9.17, 15) is 0 Å². The van der Waals surface area contributed by atoms with Gasteiger partial charge in [-0.15, -0.1) is 6.58 Å². The summed E-state index contributed by atoms with van der Waals surface area (Å²) >= 11 is 0. The zero-order valence-electron chi connectivity index (χ0n) is 12.6. The van der Waals surface area contributed by atoms with Gasteiger partial charge in [0.15, 0.2) is 0 Å². The minimum atomic E-state index is -1.61. The minimum Gasteiger partial charge on any atom is -0.309 e. The number of rotatable bonds is 10. The Bertz CT molecular complexity index is 192. The van der Waals surface area contributed by atoms with E-state index in [1.54, 1.807) is 0 Å². The van der Waals surface area contributed by atoms with Crippen LogP contribution in [0.4, 0.5) is 0 Å². The van der Waals surface area contributed by atoms with Crippen molar-refractivity contribution in [3.05, 3.63) is 12.3 Å². The topological polar surface area (TPSA) is 6.48 Å². The fourth-order valence-corrected chi connectivity index (χ4v) is 7.26. The lowest BCUT2D eigenvalue weighted by Crippen LogP contribution is -2.64. The molecule has 17 heavy (non-hydrogen) atoms. The average molecular weight is 257 g/mol. The first-order valence-corrected chi connectivity index (χ1v) is 9.48. The minimum absolute atomic E-state index is 1.15. The summed E-state index contributed by atoms with van der Waals surface area (Å²) in [4.78, 5) is 0. The Balaban J connectivity index is 5.13. The molecule has 0 N–H and O–H groups in total. The highest BCUT2D eigenvalue weighted by molar-refractivity contribution is 6.79. The van der Waals surface area contributed by atoms with Gasteiger partial charge in [0.05, 0.1) is 0 Å². The maximum Gasteiger partial charge on any atom is 0.231 e. The Morgan fingerprint density at radius 2 is 1.29 bits per heavy atom. The summed E-state index contributed by atoms with van der Waals surface area (Å²) in [5.74, 6) is 0. The van der Waals surface area contributed by atoms with E-state index >= 15 is 0 Å². The van der Waals surface area contributed by atoms with Gasteiger partial charge in [-0.1, -0.05) is 40.3 Å². The van der Waals surface area contributed by atoms with E-state index in [1.807, 2.05) is 0 Å². The fourth-order valence-electron chi connectivity index (χ4n) is 2.84. The van der Waals surface area contributed by atoms with Crippen LogP contribution in [0, 0.1) is 0 Å². The molecule has 0 aliphatic carbocycles. The Labute approximate surface area is 110 Å². The molecule has 0 saturated heterocycles. The van der Waals surface area contributed by atoms with Crippen molar-refractivity contribution in [2.75, 3.05) is 26.2 Å². The van der Waals surface area contributed by atoms with Gasteiger partial charge in [-0.05, 0) is 45.1 Å². The van der Waals surface area contributed by atoms with Crippen LogP contribution < -0.4 is 0 Å². The molecule has 0 aromatic rings. The molecule has 0 saturated carbocycles. The third-order valence-corrected chi connectivity index (χ3v) is 8.66. The fraction of sp³-hybridized carbons (Fsp3) is 0.857. The largest absolute Gasteiger partial charge is 0.309 e. The van der Waals surface area contributed by atoms with Crippen LogP contribution in [0.2, 0.25) is 6.04 Å². The Morgan fingerprint density at radius 1 is 0.882 bits per heavy atom. The first kappa shape index (κ1) is 16.9. The van der Waals surface area contributed by atoms with Crippen LogP contribution in [0.5, 0.6) is 0 Å². The molecule has 0 aromatic heterocycles. The second-order valence-corrected chi connectivity index (χ2v) is 8.73. The SMILES string of the molecule is C=C[Si](CC)(N(CC)CCC)N(CC)CCC. The molecule has 0 aliphatic rings. The average Bonchev–Trinajstić information content (AvgIpc) is 2.37. The summed E-state index contributed by atoms with van der Waals surface area (Å²) in [7, 11) is -1.61. The molecule has 0 amide bonds. The van der Waals surface area contributed by atoms with Crippen molar-refractivity contribution in [2.45, 2.75) is 53.5 Å².